The second-order valence-corrected chi connectivity index (χ2v) is 26.2. The summed E-state index contributed by atoms with van der Waals surface area (Å²) >= 11 is 0. The molecule has 3 aromatic rings. The summed E-state index contributed by atoms with van der Waals surface area (Å²) in [6.07, 6.45) is 15.1. The molecule has 0 saturated heterocycles. The molecule has 1 aromatic carbocycles. The van der Waals surface area contributed by atoms with Crippen molar-refractivity contribution < 1.29 is 48.3 Å². The third-order valence-electron chi connectivity index (χ3n) is 18.3. The number of hydrogen-bond acceptors (Lipinski definition) is 19. The summed E-state index contributed by atoms with van der Waals surface area (Å²) in [6, 6.07) is -2.51. The van der Waals surface area contributed by atoms with Gasteiger partial charge in [-0.05, 0) is 106 Å². The smallest absolute Gasteiger partial charge is 0.326 e. The third-order valence-corrected chi connectivity index (χ3v) is 18.3. The van der Waals surface area contributed by atoms with E-state index in [9.17, 15) is 48.3 Å². The lowest BCUT2D eigenvalue weighted by Crippen LogP contribution is -2.60. The van der Waals surface area contributed by atoms with Gasteiger partial charge in [0.25, 0.3) is 5.91 Å². The molecule has 3 fully saturated rings. The average molecular weight is 1380 g/mol. The first-order valence-electron chi connectivity index (χ1n) is 34.5. The quantitative estimate of drug-likeness (QED) is 0.0197. The number of aliphatic carboxylic acids is 1. The van der Waals surface area contributed by atoms with Crippen LogP contribution in [-0.4, -0.2) is 165 Å². The highest BCUT2D eigenvalue weighted by molar-refractivity contribution is 5.98. The van der Waals surface area contributed by atoms with Gasteiger partial charge in [-0.1, -0.05) is 96.3 Å². The maximum Gasteiger partial charge on any atom is 0.326 e. The van der Waals surface area contributed by atoms with Crippen molar-refractivity contribution >= 4 is 99.7 Å². The Morgan fingerprint density at radius 2 is 0.909 bits per heavy atom. The number of aliphatic imine (C=N–C) groups is 3. The van der Waals surface area contributed by atoms with Gasteiger partial charge in [0.05, 0.1) is 18.4 Å². The molecule has 7 atom stereocenters. The second kappa shape index (κ2) is 40.1. The maximum absolute atomic E-state index is 15.0. The zero-order valence-electron chi connectivity index (χ0n) is 56.8. The highest BCUT2D eigenvalue weighted by Crippen LogP contribution is 2.31. The van der Waals surface area contributed by atoms with Gasteiger partial charge >= 0.3 is 5.97 Å². The fourth-order valence-electron chi connectivity index (χ4n) is 13.0. The monoisotopic (exact) mass is 1380 g/mol. The van der Waals surface area contributed by atoms with E-state index in [0.717, 1.165) is 96.3 Å². The number of rotatable bonds is 39. The number of nitrogens with zero attached hydrogens (tertiary/aromatic N) is 8. The number of amides is 8. The summed E-state index contributed by atoms with van der Waals surface area (Å²) < 4.78 is 0. The van der Waals surface area contributed by atoms with Crippen molar-refractivity contribution in [3.05, 3.63) is 41.7 Å². The molecule has 3 aliphatic carbocycles. The lowest BCUT2D eigenvalue weighted by Gasteiger charge is -2.31. The molecule has 0 aliphatic heterocycles. The lowest BCUT2D eigenvalue weighted by molar-refractivity contribution is -0.139. The number of carbonyl (C=O) groups is 9. The minimum Gasteiger partial charge on any atom is -0.480 e. The molecule has 0 spiro atoms. The van der Waals surface area contributed by atoms with Gasteiger partial charge in [-0.15, -0.1) is 0 Å². The predicted octanol–water partition coefficient (Wildman–Crippen LogP) is -0.350. The van der Waals surface area contributed by atoms with Crippen LogP contribution in [0.15, 0.2) is 45.4 Å². The number of carboxylic acids is 1. The van der Waals surface area contributed by atoms with Crippen molar-refractivity contribution in [3.8, 4) is 0 Å². The number of primary amides is 1. The standard InChI is InChI=1S/C65H104N24O10/c1-89(36-41-35-78-54-51(79-41)52(66)87-65(74)88-54)42-25-23-40(24-26-42)55(92)84-46(61(98)99)27-28-50(90)80-47(32-37-14-5-2-6-15-37)58(95)82-44(21-12-30-76-63(70)71)56(93)86-49(34-39-18-9-4-10-19-39)60(97)83-45(22-13-31-77-64(72)73)57(94)85-48(33-38-16-7-3-8-17-38)59(96)81-43(53(67)91)20-11-29-75-62(68)69/h23-26,35,37-39,43-49H,2-22,27-34,36H2,1H3,(H2,67,91)(H,80,90)(H,81,96)(H,82,95)(H,83,97)(H,84,92)(H,85,94)(H,86,93)(H,98,99)(H4,68,69,75)(H4,70,71,76)(H4,72,73,77)(H4,66,74,78,87,88)/t43-,44-,45-,46+,47+,48+,49+/m1/s1. The molecule has 3 saturated carbocycles. The second-order valence-electron chi connectivity index (χ2n) is 26.2. The molecule has 34 heteroatoms. The van der Waals surface area contributed by atoms with Gasteiger partial charge < -0.3 is 98.8 Å². The number of carboxylic acid groups (broad SMARTS) is 1. The highest BCUT2D eigenvalue weighted by Gasteiger charge is 2.37. The average Bonchev–Trinajstić information content (AvgIpc) is 0.979. The molecule has 3 aliphatic rings. The summed E-state index contributed by atoms with van der Waals surface area (Å²) in [5.74, 6) is -7.59. The minimum absolute atomic E-state index is 0.00773. The summed E-state index contributed by atoms with van der Waals surface area (Å²) in [6.45, 7) is 0.595. The molecule has 2 aromatic heterocycles. The Balaban J connectivity index is 1.18. The molecule has 0 radical (unpaired) electrons. The molecule has 0 bridgehead atoms. The largest absolute Gasteiger partial charge is 0.480 e. The van der Waals surface area contributed by atoms with E-state index in [4.69, 9.17) is 51.6 Å². The van der Waals surface area contributed by atoms with Gasteiger partial charge in [0, 0.05) is 44.4 Å². The number of hydrogen-bond donors (Lipinski definition) is 17. The maximum atomic E-state index is 15.0. The van der Waals surface area contributed by atoms with Gasteiger partial charge in [-0.3, -0.25) is 53.3 Å². The van der Waals surface area contributed by atoms with E-state index in [2.05, 4.69) is 72.1 Å². The molecule has 544 valence electrons. The van der Waals surface area contributed by atoms with E-state index < -0.39 is 102 Å². The van der Waals surface area contributed by atoms with Crippen LogP contribution in [0.1, 0.15) is 183 Å². The van der Waals surface area contributed by atoms with E-state index in [1.807, 2.05) is 4.90 Å². The molecule has 99 heavy (non-hydrogen) atoms. The number of carbonyl (C=O) groups excluding carboxylic acids is 8. The summed E-state index contributed by atoms with van der Waals surface area (Å²) in [5, 5.41) is 29.8. The zero-order valence-corrected chi connectivity index (χ0v) is 56.8. The van der Waals surface area contributed by atoms with Crippen molar-refractivity contribution in [3.63, 3.8) is 0 Å². The molecule has 26 N–H and O–H groups in total. The Labute approximate surface area is 576 Å². The molecule has 2 heterocycles. The van der Waals surface area contributed by atoms with Gasteiger partial charge in [0.1, 0.15) is 42.3 Å². The Morgan fingerprint density at radius 3 is 1.33 bits per heavy atom. The number of aromatic nitrogens is 4. The zero-order chi connectivity index (χ0) is 72.0. The van der Waals surface area contributed by atoms with E-state index in [1.54, 1.807) is 19.2 Å². The predicted molar refractivity (Wildman–Crippen MR) is 375 cm³/mol. The lowest BCUT2D eigenvalue weighted by atomic mass is 9.84. The van der Waals surface area contributed by atoms with Gasteiger partial charge in [0.15, 0.2) is 34.9 Å². The molecular formula is C65H104N24O10. The molecular weight excluding hydrogens is 1280 g/mol. The van der Waals surface area contributed by atoms with Crippen LogP contribution in [0.3, 0.4) is 0 Å². The fraction of sp³-hybridized carbons (Fsp3) is 0.631. The number of guanidine groups is 3. The number of anilines is 3. The van der Waals surface area contributed by atoms with E-state index in [0.29, 0.717) is 23.3 Å². The van der Waals surface area contributed by atoms with E-state index >= 15 is 0 Å². The summed E-state index contributed by atoms with van der Waals surface area (Å²) in [5.41, 5.74) is 52.9. The van der Waals surface area contributed by atoms with Crippen molar-refractivity contribution in [2.75, 3.05) is 43.0 Å². The van der Waals surface area contributed by atoms with Gasteiger partial charge in [0.2, 0.25) is 47.3 Å². The first-order valence-corrected chi connectivity index (χ1v) is 34.5. The van der Waals surface area contributed by atoms with Crippen molar-refractivity contribution in [1.29, 1.82) is 0 Å². The van der Waals surface area contributed by atoms with Crippen LogP contribution in [0.25, 0.3) is 11.2 Å². The first kappa shape index (κ1) is 78.1. The summed E-state index contributed by atoms with van der Waals surface area (Å²) in [4.78, 5) is 157. The number of nitrogens with two attached hydrogens (primary N) is 9. The van der Waals surface area contributed by atoms with E-state index in [-0.39, 0.29) is 143 Å². The van der Waals surface area contributed by atoms with Crippen molar-refractivity contribution in [1.82, 2.24) is 57.2 Å². The first-order chi connectivity index (χ1) is 47.3. The number of benzene rings is 1. The minimum atomic E-state index is -1.52. The molecule has 8 amide bonds. The summed E-state index contributed by atoms with van der Waals surface area (Å²) in [7, 11) is 1.79. The molecule has 34 nitrogen and oxygen atoms in total. The SMILES string of the molecule is CN(Cc1cnc2nc(N)nc(N)c2n1)c1ccc(C(=O)N[C@@H](CCC(=O)N[C@@H](CC2CCCCC2)C(=O)N[C@H](CCCN=C(N)N)C(=O)N[C@@H](CC2CCCCC2)C(=O)N[C@H](CCCN=C(N)N)C(=O)N[C@@H](CC2CCCCC2)C(=O)N[C@H](CCCN=C(N)N)C(N)=O)C(=O)O)cc1. The van der Waals surface area contributed by atoms with Crippen LogP contribution in [0.2, 0.25) is 0 Å². The van der Waals surface area contributed by atoms with Crippen molar-refractivity contribution in [2.45, 2.75) is 216 Å². The Morgan fingerprint density at radius 1 is 0.505 bits per heavy atom. The number of nitrogen functional groups attached to an aromatic ring is 2. The molecule has 0 unspecified atom stereocenters. The van der Waals surface area contributed by atoms with Crippen LogP contribution < -0.4 is 93.7 Å². The number of nitrogens with one attached hydrogen (secondary N) is 7. The third kappa shape index (κ3) is 27.1. The normalized spacial score (nSPS) is 16.5. The van der Waals surface area contributed by atoms with Crippen molar-refractivity contribution in [2.24, 2.45) is 72.9 Å². The van der Waals surface area contributed by atoms with Gasteiger partial charge in [-0.25, -0.2) is 14.8 Å². The van der Waals surface area contributed by atoms with Crippen LogP contribution in [0.5, 0.6) is 0 Å². The Bertz CT molecular complexity index is 3290. The fourth-order valence-corrected chi connectivity index (χ4v) is 13.0. The molecule has 6 rings (SSSR count). The van der Waals surface area contributed by atoms with E-state index in [1.165, 1.54) is 18.3 Å². The number of fused-ring (bicyclic) bond motifs is 1. The topological polar surface area (TPSA) is 584 Å². The van der Waals surface area contributed by atoms with Gasteiger partial charge in [-0.2, -0.15) is 9.97 Å². The highest BCUT2D eigenvalue weighted by atomic mass is 16.4. The van der Waals surface area contributed by atoms with Crippen LogP contribution in [-0.2, 0) is 44.9 Å². The van der Waals surface area contributed by atoms with Crippen LogP contribution in [0, 0.1) is 17.8 Å². The Kier molecular flexibility index (Phi) is 31.6. The van der Waals surface area contributed by atoms with Crippen LogP contribution in [0.4, 0.5) is 17.5 Å². The van der Waals surface area contributed by atoms with Crippen LogP contribution >= 0.6 is 0 Å². The Hall–Kier alpha value is -9.92.